The molecule has 0 fully saturated rings. The SMILES string of the molecule is CC(C)C[C@H](NC(=O)[C@@H](NC(=O)CNC(=O)[C@H](CCC(N)=O)NC(=O)[C@@H](N)Cc1ccccc1)C(C)C)C(=O)N[C@@H](CCC(N)=O)C(=O)N[C@@H](CCC(N)=O)C(=O)N[C@H](C(=O)N[C@@H](CCCN=C(N)N)C(=O)N[C@@H](Cc1ccccc1)C(=O)N[C@H](C(=O)N[C@@H](Cc1ccccc1)C(=O)O)C(C)C)C(C)C. The summed E-state index contributed by atoms with van der Waals surface area (Å²) in [6.45, 7) is 12.2. The van der Waals surface area contributed by atoms with Gasteiger partial charge in [-0.1, -0.05) is 146 Å². The number of carboxylic acid groups (broad SMARTS) is 1. The fraction of sp³-hybridized carbons (Fsp3) is 0.521. The standard InChI is InChI=1S/C71H106N18O16/c1-38(2)33-50(85-67(101)57(39(3)4)87-56(93)37-79-61(95)47(26-29-53(73)90)80-60(94)45(72)34-42-19-12-9-13-20-42)65(99)82-48(27-30-54(74)91)63(97)81-49(28-31-55(75)92)64(98)88-58(40(5)6)68(102)83-46(25-18-32-78-71(76)77)62(96)84-51(35-43-21-14-10-15-22-43)66(100)89-59(41(7)8)69(103)86-52(70(104)105)36-44-23-16-11-17-24-44/h9-17,19-24,38-41,45-52,57-59H,18,25-37,72H2,1-8H3,(H2,73,90)(H2,74,91)(H2,75,92)(H,79,95)(H,80,94)(H,81,97)(H,82,99)(H,83,102)(H,84,96)(H,85,101)(H,86,103)(H,87,93)(H,88,98)(H,89,100)(H,104,105)(H4,76,77,78)/t45-,46-,47-,48-,49-,50-,51-,52-,57-,58-,59-/m0/s1. The molecule has 24 N–H and O–H groups in total. The van der Waals surface area contributed by atoms with Crippen molar-refractivity contribution in [2.75, 3.05) is 13.1 Å². The fourth-order valence-corrected chi connectivity index (χ4v) is 10.7. The number of nitrogens with two attached hydrogens (primary N) is 6. The number of aliphatic imine (C=N–C) groups is 1. The normalized spacial score (nSPS) is 14.3. The van der Waals surface area contributed by atoms with Gasteiger partial charge in [-0.3, -0.25) is 72.1 Å². The number of benzene rings is 3. The van der Waals surface area contributed by atoms with Gasteiger partial charge < -0.3 is 98.0 Å². The number of aliphatic carboxylic acids is 1. The summed E-state index contributed by atoms with van der Waals surface area (Å²) in [5.41, 5.74) is 35.6. The molecule has 0 radical (unpaired) electrons. The Morgan fingerprint density at radius 1 is 0.371 bits per heavy atom. The molecule has 0 heterocycles. The number of nitrogens with zero attached hydrogens (tertiary/aromatic N) is 1. The van der Waals surface area contributed by atoms with Gasteiger partial charge >= 0.3 is 5.97 Å². The second kappa shape index (κ2) is 45.1. The number of amides is 14. The smallest absolute Gasteiger partial charge is 0.326 e. The molecular weight excluding hydrogens is 1360 g/mol. The highest BCUT2D eigenvalue weighted by atomic mass is 16.4. The topological polar surface area (TPSA) is 577 Å². The first kappa shape index (κ1) is 88.2. The molecule has 14 amide bonds. The van der Waals surface area contributed by atoms with Gasteiger partial charge in [-0.05, 0) is 85.3 Å². The Morgan fingerprint density at radius 2 is 0.695 bits per heavy atom. The summed E-state index contributed by atoms with van der Waals surface area (Å²) in [7, 11) is 0. The molecule has 105 heavy (non-hydrogen) atoms. The van der Waals surface area contributed by atoms with Gasteiger partial charge in [-0.25, -0.2) is 4.79 Å². The van der Waals surface area contributed by atoms with Crippen molar-refractivity contribution in [3.05, 3.63) is 108 Å². The van der Waals surface area contributed by atoms with Gasteiger partial charge in [0, 0.05) is 38.6 Å². The summed E-state index contributed by atoms with van der Waals surface area (Å²) in [6.07, 6.45) is -2.83. The minimum Gasteiger partial charge on any atom is -0.480 e. The Morgan fingerprint density at radius 3 is 1.10 bits per heavy atom. The van der Waals surface area contributed by atoms with E-state index in [-0.39, 0.29) is 69.8 Å². The monoisotopic (exact) mass is 1470 g/mol. The summed E-state index contributed by atoms with van der Waals surface area (Å²) in [6, 6.07) is 10.1. The number of hydrogen-bond donors (Lipinski definition) is 18. The van der Waals surface area contributed by atoms with Crippen LogP contribution in [-0.2, 0) is 91.2 Å². The maximum atomic E-state index is 14.6. The highest BCUT2D eigenvalue weighted by molar-refractivity contribution is 5.99. The molecule has 0 saturated heterocycles. The Kier molecular flexibility index (Phi) is 37.9. The predicted molar refractivity (Wildman–Crippen MR) is 388 cm³/mol. The molecule has 3 aromatic rings. The van der Waals surface area contributed by atoms with Crippen molar-refractivity contribution < 1.29 is 77.0 Å². The third kappa shape index (κ3) is 33.3. The van der Waals surface area contributed by atoms with E-state index in [1.807, 2.05) is 0 Å². The predicted octanol–water partition coefficient (Wildman–Crippen LogP) is -3.05. The van der Waals surface area contributed by atoms with Crippen LogP contribution in [0.15, 0.2) is 96.0 Å². The largest absolute Gasteiger partial charge is 0.480 e. The van der Waals surface area contributed by atoms with Crippen molar-refractivity contribution >= 4 is 94.6 Å². The number of carboxylic acids is 1. The molecule has 3 rings (SSSR count). The molecule has 0 saturated carbocycles. The quantitative estimate of drug-likeness (QED) is 0.0152. The number of hydrogen-bond acceptors (Lipinski definition) is 17. The first-order chi connectivity index (χ1) is 49.5. The molecule has 34 heteroatoms. The molecule has 11 atom stereocenters. The molecule has 0 aromatic heterocycles. The Balaban J connectivity index is 1.89. The second-order valence-corrected chi connectivity index (χ2v) is 27.0. The maximum absolute atomic E-state index is 14.6. The van der Waals surface area contributed by atoms with Gasteiger partial charge in [0.25, 0.3) is 0 Å². The van der Waals surface area contributed by atoms with Crippen LogP contribution in [0, 0.1) is 23.7 Å². The molecule has 0 aliphatic carbocycles. The lowest BCUT2D eigenvalue weighted by Crippen LogP contribution is -2.61. The van der Waals surface area contributed by atoms with Crippen LogP contribution in [0.2, 0.25) is 0 Å². The average Bonchev–Trinajstić information content (AvgIpc) is 0.853. The lowest BCUT2D eigenvalue weighted by atomic mass is 9.99. The summed E-state index contributed by atoms with van der Waals surface area (Å²) < 4.78 is 0. The van der Waals surface area contributed by atoms with Crippen LogP contribution in [0.3, 0.4) is 0 Å². The zero-order valence-electron chi connectivity index (χ0n) is 60.7. The first-order valence-electron chi connectivity index (χ1n) is 34.8. The van der Waals surface area contributed by atoms with E-state index in [4.69, 9.17) is 34.4 Å². The molecule has 3 aromatic carbocycles. The lowest BCUT2D eigenvalue weighted by Gasteiger charge is -2.30. The average molecular weight is 1470 g/mol. The minimum absolute atomic E-state index is 0.0341. The van der Waals surface area contributed by atoms with Gasteiger partial charge in [0.15, 0.2) is 5.96 Å². The molecule has 576 valence electrons. The van der Waals surface area contributed by atoms with Crippen molar-refractivity contribution in [1.82, 2.24) is 58.5 Å². The third-order valence-electron chi connectivity index (χ3n) is 16.5. The summed E-state index contributed by atoms with van der Waals surface area (Å²) >= 11 is 0. The van der Waals surface area contributed by atoms with E-state index >= 15 is 0 Å². The van der Waals surface area contributed by atoms with Crippen molar-refractivity contribution in [3.63, 3.8) is 0 Å². The summed E-state index contributed by atoms with van der Waals surface area (Å²) in [5, 5.41) is 38.2. The van der Waals surface area contributed by atoms with Crippen molar-refractivity contribution in [2.24, 2.45) is 63.1 Å². The lowest BCUT2D eigenvalue weighted by molar-refractivity contribution is -0.142. The van der Waals surface area contributed by atoms with Crippen LogP contribution in [0.4, 0.5) is 0 Å². The van der Waals surface area contributed by atoms with Crippen LogP contribution < -0.4 is 92.9 Å². The number of rotatable bonds is 47. The van der Waals surface area contributed by atoms with Gasteiger partial charge in [0.2, 0.25) is 82.7 Å². The van der Waals surface area contributed by atoms with Crippen molar-refractivity contribution in [2.45, 2.75) is 199 Å². The molecule has 0 aliphatic heterocycles. The number of nitrogens with one attached hydrogen (secondary N) is 11. The molecule has 0 spiro atoms. The van der Waals surface area contributed by atoms with Gasteiger partial charge in [0.1, 0.15) is 60.4 Å². The highest BCUT2D eigenvalue weighted by Crippen LogP contribution is 2.15. The van der Waals surface area contributed by atoms with Crippen LogP contribution >= 0.6 is 0 Å². The number of carbonyl (C=O) groups excluding carboxylic acids is 14. The van der Waals surface area contributed by atoms with Crippen molar-refractivity contribution in [1.29, 1.82) is 0 Å². The summed E-state index contributed by atoms with van der Waals surface area (Å²) in [4.78, 5) is 208. The van der Waals surface area contributed by atoms with E-state index < -0.39 is 205 Å². The highest BCUT2D eigenvalue weighted by Gasteiger charge is 2.38. The van der Waals surface area contributed by atoms with Crippen LogP contribution in [0.25, 0.3) is 0 Å². The summed E-state index contributed by atoms with van der Waals surface area (Å²) in [5.74, 6) is -16.6. The number of guanidine groups is 1. The minimum atomic E-state index is -1.70. The zero-order chi connectivity index (χ0) is 78.6. The van der Waals surface area contributed by atoms with Crippen LogP contribution in [0.5, 0.6) is 0 Å². The second-order valence-electron chi connectivity index (χ2n) is 27.0. The molecule has 34 nitrogen and oxygen atoms in total. The van der Waals surface area contributed by atoms with Gasteiger partial charge in [-0.15, -0.1) is 0 Å². The number of carbonyl (C=O) groups is 15. The Bertz CT molecular complexity index is 3470. The Hall–Kier alpha value is -11.1. The van der Waals surface area contributed by atoms with Gasteiger partial charge in [0.05, 0.1) is 12.6 Å². The zero-order valence-corrected chi connectivity index (χ0v) is 60.7. The Labute approximate surface area is 610 Å². The van der Waals surface area contributed by atoms with Gasteiger partial charge in [-0.2, -0.15) is 0 Å². The van der Waals surface area contributed by atoms with Crippen molar-refractivity contribution in [3.8, 4) is 0 Å². The van der Waals surface area contributed by atoms with E-state index in [0.717, 1.165) is 5.56 Å². The van der Waals surface area contributed by atoms with E-state index in [1.54, 1.807) is 146 Å². The van der Waals surface area contributed by atoms with Crippen LogP contribution in [-0.4, -0.2) is 179 Å². The molecule has 0 aliphatic rings. The number of primary amides is 3. The first-order valence-corrected chi connectivity index (χ1v) is 34.8. The van der Waals surface area contributed by atoms with E-state index in [1.165, 1.54) is 0 Å². The van der Waals surface area contributed by atoms with E-state index in [9.17, 15) is 77.0 Å². The third-order valence-corrected chi connectivity index (χ3v) is 16.5. The van der Waals surface area contributed by atoms with E-state index in [0.29, 0.717) is 11.1 Å². The van der Waals surface area contributed by atoms with Crippen LogP contribution in [0.1, 0.15) is 130 Å². The van der Waals surface area contributed by atoms with E-state index in [2.05, 4.69) is 63.5 Å². The fourth-order valence-electron chi connectivity index (χ4n) is 10.7. The molecule has 0 bridgehead atoms. The molecular formula is C71H106N18O16. The molecule has 0 unspecified atom stereocenters. The maximum Gasteiger partial charge on any atom is 0.326 e.